The van der Waals surface area contributed by atoms with Gasteiger partial charge in [0.05, 0.1) is 13.2 Å². The summed E-state index contributed by atoms with van der Waals surface area (Å²) in [4.78, 5) is 16.5. The zero-order valence-electron chi connectivity index (χ0n) is 17.1. The maximum absolute atomic E-state index is 5.84. The van der Waals surface area contributed by atoms with Crippen molar-refractivity contribution in [1.29, 1.82) is 0 Å². The molecule has 0 radical (unpaired) electrons. The summed E-state index contributed by atoms with van der Waals surface area (Å²) in [6, 6.07) is 10.7. The van der Waals surface area contributed by atoms with Gasteiger partial charge >= 0.3 is 0 Å². The number of nitrogens with zero attached hydrogens (tertiary/aromatic N) is 5. The Kier molecular flexibility index (Phi) is 5.01. The van der Waals surface area contributed by atoms with Gasteiger partial charge in [-0.3, -0.25) is 0 Å². The van der Waals surface area contributed by atoms with Crippen molar-refractivity contribution < 1.29 is 9.47 Å². The van der Waals surface area contributed by atoms with Crippen LogP contribution in [0.25, 0.3) is 0 Å². The Balaban J connectivity index is 1.22. The van der Waals surface area contributed by atoms with Crippen LogP contribution in [0.5, 0.6) is 0 Å². The van der Waals surface area contributed by atoms with Crippen LogP contribution in [0.3, 0.4) is 0 Å². The predicted molar refractivity (Wildman–Crippen MR) is 114 cm³/mol. The molecule has 154 valence electrons. The first-order valence-corrected chi connectivity index (χ1v) is 10.6. The molecule has 0 N–H and O–H groups in total. The monoisotopic (exact) mass is 395 g/mol. The Morgan fingerprint density at radius 1 is 0.862 bits per heavy atom. The van der Waals surface area contributed by atoms with E-state index in [2.05, 4.69) is 50.9 Å². The summed E-state index contributed by atoms with van der Waals surface area (Å²) >= 11 is 0. The molecule has 3 aliphatic rings. The molecule has 5 rings (SSSR count). The fourth-order valence-corrected chi connectivity index (χ4v) is 4.52. The predicted octanol–water partition coefficient (Wildman–Crippen LogP) is 2.45. The van der Waals surface area contributed by atoms with Crippen LogP contribution in [0.1, 0.15) is 18.4 Å². The lowest BCUT2D eigenvalue weighted by atomic mass is 10.0. The van der Waals surface area contributed by atoms with E-state index in [1.165, 1.54) is 11.3 Å². The number of rotatable bonds is 3. The molecule has 0 bridgehead atoms. The van der Waals surface area contributed by atoms with Gasteiger partial charge in [-0.2, -0.15) is 4.98 Å². The molecule has 3 saturated heterocycles. The van der Waals surface area contributed by atoms with Gasteiger partial charge in [0.1, 0.15) is 5.82 Å². The first kappa shape index (κ1) is 18.6. The minimum atomic E-state index is -0.349. The highest BCUT2D eigenvalue weighted by molar-refractivity contribution is 5.51. The second kappa shape index (κ2) is 7.80. The smallest absolute Gasteiger partial charge is 0.227 e. The second-order valence-corrected chi connectivity index (χ2v) is 8.12. The van der Waals surface area contributed by atoms with Crippen LogP contribution in [0, 0.1) is 6.92 Å². The van der Waals surface area contributed by atoms with Gasteiger partial charge in [-0.15, -0.1) is 0 Å². The summed E-state index contributed by atoms with van der Waals surface area (Å²) in [6.07, 6.45) is 3.67. The van der Waals surface area contributed by atoms with Crippen molar-refractivity contribution in [1.82, 2.24) is 9.97 Å². The third-order valence-electron chi connectivity index (χ3n) is 6.22. The molecule has 4 heterocycles. The van der Waals surface area contributed by atoms with Gasteiger partial charge in [-0.25, -0.2) is 4.98 Å². The number of hydrogen-bond donors (Lipinski definition) is 0. The third kappa shape index (κ3) is 3.89. The van der Waals surface area contributed by atoms with Crippen LogP contribution in [0.15, 0.2) is 36.5 Å². The van der Waals surface area contributed by atoms with E-state index in [1.54, 1.807) is 0 Å². The molecule has 2 aromatic rings. The van der Waals surface area contributed by atoms with Crippen LogP contribution in [0.2, 0.25) is 0 Å². The molecular formula is C22H29N5O2. The molecule has 1 spiro atoms. The molecule has 7 heteroatoms. The standard InChI is InChI=1S/C22H29N5O2/c1-18-3-2-4-19(17-18)25-11-13-27(14-12-25)21-23-8-5-20(24-21)26-9-6-22(7-10-26)28-15-16-29-22/h2-5,8,17H,6-7,9-16H2,1H3. The highest BCUT2D eigenvalue weighted by atomic mass is 16.7. The van der Waals surface area contributed by atoms with Gasteiger partial charge in [-0.05, 0) is 30.7 Å². The number of piperazine rings is 1. The van der Waals surface area contributed by atoms with Crippen molar-refractivity contribution >= 4 is 17.5 Å². The number of benzene rings is 1. The Morgan fingerprint density at radius 2 is 1.59 bits per heavy atom. The first-order valence-electron chi connectivity index (χ1n) is 10.6. The number of hydrogen-bond acceptors (Lipinski definition) is 7. The van der Waals surface area contributed by atoms with Crippen molar-refractivity contribution in [3.63, 3.8) is 0 Å². The molecule has 0 saturated carbocycles. The fraction of sp³-hybridized carbons (Fsp3) is 0.545. The first-order chi connectivity index (χ1) is 14.2. The maximum atomic E-state index is 5.84. The van der Waals surface area contributed by atoms with Crippen LogP contribution in [-0.4, -0.2) is 68.2 Å². The van der Waals surface area contributed by atoms with Crippen LogP contribution < -0.4 is 14.7 Å². The molecule has 0 amide bonds. The Labute approximate surface area is 172 Å². The van der Waals surface area contributed by atoms with Gasteiger partial charge in [-0.1, -0.05) is 12.1 Å². The second-order valence-electron chi connectivity index (χ2n) is 8.12. The topological polar surface area (TPSA) is 54.0 Å². The largest absolute Gasteiger partial charge is 0.368 e. The maximum Gasteiger partial charge on any atom is 0.227 e. The lowest BCUT2D eigenvalue weighted by molar-refractivity contribution is -0.169. The third-order valence-corrected chi connectivity index (χ3v) is 6.22. The lowest BCUT2D eigenvalue weighted by Gasteiger charge is -2.39. The molecule has 3 fully saturated rings. The van der Waals surface area contributed by atoms with Crippen molar-refractivity contribution in [2.24, 2.45) is 0 Å². The van der Waals surface area contributed by atoms with Gasteiger partial charge in [0, 0.05) is 64.0 Å². The number of ether oxygens (including phenoxy) is 2. The minimum Gasteiger partial charge on any atom is -0.368 e. The zero-order valence-corrected chi connectivity index (χ0v) is 17.1. The van der Waals surface area contributed by atoms with Gasteiger partial charge in [0.15, 0.2) is 5.79 Å². The zero-order chi connectivity index (χ0) is 19.7. The number of aryl methyl sites for hydroxylation is 1. The molecule has 3 aliphatic heterocycles. The minimum absolute atomic E-state index is 0.349. The molecule has 29 heavy (non-hydrogen) atoms. The van der Waals surface area contributed by atoms with Crippen LogP contribution in [0.4, 0.5) is 17.5 Å². The summed E-state index contributed by atoms with van der Waals surface area (Å²) in [6.45, 7) is 9.21. The summed E-state index contributed by atoms with van der Waals surface area (Å²) < 4.78 is 11.7. The van der Waals surface area contributed by atoms with E-state index >= 15 is 0 Å². The Morgan fingerprint density at radius 3 is 2.31 bits per heavy atom. The molecule has 0 atom stereocenters. The van der Waals surface area contributed by atoms with E-state index in [-0.39, 0.29) is 5.79 Å². The summed E-state index contributed by atoms with van der Waals surface area (Å²) in [5.41, 5.74) is 2.61. The highest BCUT2D eigenvalue weighted by Gasteiger charge is 2.40. The van der Waals surface area contributed by atoms with Gasteiger partial charge < -0.3 is 24.2 Å². The average Bonchev–Trinajstić information content (AvgIpc) is 3.22. The fourth-order valence-electron chi connectivity index (χ4n) is 4.52. The lowest BCUT2D eigenvalue weighted by Crippen LogP contribution is -2.47. The molecule has 0 unspecified atom stereocenters. The normalized spacial score (nSPS) is 21.8. The van der Waals surface area contributed by atoms with E-state index in [4.69, 9.17) is 14.5 Å². The van der Waals surface area contributed by atoms with Gasteiger partial charge in [0.2, 0.25) is 5.95 Å². The summed E-state index contributed by atoms with van der Waals surface area (Å²) in [5, 5.41) is 0. The van der Waals surface area contributed by atoms with E-state index < -0.39 is 0 Å². The highest BCUT2D eigenvalue weighted by Crippen LogP contribution is 2.33. The molecule has 7 nitrogen and oxygen atoms in total. The Hall–Kier alpha value is -2.38. The average molecular weight is 396 g/mol. The molecule has 1 aromatic carbocycles. The molecule has 1 aromatic heterocycles. The molecule has 0 aliphatic carbocycles. The van der Waals surface area contributed by atoms with E-state index in [0.717, 1.165) is 63.9 Å². The Bertz CT molecular complexity index is 837. The van der Waals surface area contributed by atoms with Crippen LogP contribution in [-0.2, 0) is 9.47 Å². The van der Waals surface area contributed by atoms with E-state index in [9.17, 15) is 0 Å². The summed E-state index contributed by atoms with van der Waals surface area (Å²) in [5.74, 6) is 1.49. The van der Waals surface area contributed by atoms with Gasteiger partial charge in [0.25, 0.3) is 0 Å². The van der Waals surface area contributed by atoms with Crippen molar-refractivity contribution in [3.05, 3.63) is 42.1 Å². The van der Waals surface area contributed by atoms with Crippen molar-refractivity contribution in [2.75, 3.05) is 67.2 Å². The van der Waals surface area contributed by atoms with Crippen LogP contribution >= 0.6 is 0 Å². The SMILES string of the molecule is Cc1cccc(N2CCN(c3nccc(N4CCC5(CC4)OCCO5)n3)CC2)c1. The quantitative estimate of drug-likeness (QED) is 0.791. The molecular weight excluding hydrogens is 366 g/mol. The van der Waals surface area contributed by atoms with Crippen molar-refractivity contribution in [2.45, 2.75) is 25.6 Å². The number of anilines is 3. The number of aromatic nitrogens is 2. The number of piperidine rings is 1. The van der Waals surface area contributed by atoms with E-state index in [0.29, 0.717) is 13.2 Å². The van der Waals surface area contributed by atoms with E-state index in [1.807, 2.05) is 12.3 Å². The van der Waals surface area contributed by atoms with Crippen molar-refractivity contribution in [3.8, 4) is 0 Å². The summed E-state index contributed by atoms with van der Waals surface area (Å²) in [7, 11) is 0.